The molecule has 1 aromatic rings. The Kier molecular flexibility index (Phi) is 2.96. The van der Waals surface area contributed by atoms with Crippen molar-refractivity contribution in [2.24, 2.45) is 0 Å². The van der Waals surface area contributed by atoms with Crippen molar-refractivity contribution >= 4 is 52.1 Å². The molecule has 0 saturated heterocycles. The highest BCUT2D eigenvalue weighted by molar-refractivity contribution is 14.1. The van der Waals surface area contributed by atoms with Crippen molar-refractivity contribution in [3.05, 3.63) is 14.0 Å². The summed E-state index contributed by atoms with van der Waals surface area (Å²) in [6.07, 6.45) is 0. The van der Waals surface area contributed by atoms with E-state index in [4.69, 9.17) is 18.0 Å². The van der Waals surface area contributed by atoms with Gasteiger partial charge in [0.05, 0.1) is 5.69 Å². The zero-order chi connectivity index (χ0) is 10.9. The highest BCUT2D eigenvalue weighted by atomic mass is 127. The van der Waals surface area contributed by atoms with Crippen LogP contribution < -0.4 is 16.5 Å². The predicted molar refractivity (Wildman–Crippen MR) is 68.4 cm³/mol. The summed E-state index contributed by atoms with van der Waals surface area (Å²) in [4.78, 5) is 6.35. The molecule has 0 amide bonds. The Bertz CT molecular complexity index is 445. The van der Waals surface area contributed by atoms with Gasteiger partial charge in [0.15, 0.2) is 5.69 Å². The molecule has 14 heavy (non-hydrogen) atoms. The number of hydrogen-bond acceptors (Lipinski definition) is 2. The largest absolute Gasteiger partial charge is 0.434 e. The summed E-state index contributed by atoms with van der Waals surface area (Å²) in [5.74, 6) is 0. The molecular formula is C9H11IN4+2. The van der Waals surface area contributed by atoms with E-state index in [0.29, 0.717) is 22.7 Å². The van der Waals surface area contributed by atoms with E-state index in [0.717, 1.165) is 9.13 Å². The van der Waals surface area contributed by atoms with Crippen LogP contribution in [-0.4, -0.2) is 6.72 Å². The van der Waals surface area contributed by atoms with Crippen LogP contribution in [0.2, 0.25) is 0 Å². The maximum absolute atomic E-state index is 5.79. The Labute approximate surface area is 96.0 Å². The second-order valence-electron chi connectivity index (χ2n) is 2.80. The van der Waals surface area contributed by atoms with Gasteiger partial charge in [0.1, 0.15) is 6.72 Å². The minimum Gasteiger partial charge on any atom is -0.396 e. The minimum atomic E-state index is 0.383. The standard InChI is InChI=1S/C9H10IN4/c1-4-5(10)6(11)7(12)9(14-3)8(4)13-2/h3H,2,11-12H2,1H3/q+1/p+1. The number of nitrogens with zero attached hydrogens (tertiary/aromatic N) is 1. The van der Waals surface area contributed by atoms with Gasteiger partial charge in [-0.3, -0.25) is 0 Å². The highest BCUT2D eigenvalue weighted by Gasteiger charge is 2.27. The number of nitrogens with one attached hydrogen (secondary N) is 1. The normalized spacial score (nSPS) is 9.50. The van der Waals surface area contributed by atoms with Crippen LogP contribution in [0.1, 0.15) is 5.56 Å². The second kappa shape index (κ2) is 3.84. The van der Waals surface area contributed by atoms with E-state index in [2.05, 4.69) is 39.1 Å². The van der Waals surface area contributed by atoms with Gasteiger partial charge in [0, 0.05) is 9.13 Å². The fourth-order valence-electron chi connectivity index (χ4n) is 1.22. The van der Waals surface area contributed by atoms with Gasteiger partial charge in [-0.2, -0.15) is 0 Å². The topological polar surface area (TPSA) is 70.4 Å². The fourth-order valence-corrected chi connectivity index (χ4v) is 1.78. The number of halogens is 1. The summed E-state index contributed by atoms with van der Waals surface area (Å²) in [5.41, 5.74) is 14.6. The SMILES string of the molecule is C#[N+]c1c(N)c(N)c(I)c(C)c1[NH+]=C. The third-order valence-electron chi connectivity index (χ3n) is 2.03. The smallest absolute Gasteiger partial charge is 0.396 e. The molecule has 0 aliphatic heterocycles. The van der Waals surface area contributed by atoms with Gasteiger partial charge in [-0.25, -0.2) is 4.99 Å². The molecule has 0 radical (unpaired) electrons. The number of anilines is 2. The summed E-state index contributed by atoms with van der Waals surface area (Å²) in [6, 6.07) is 0. The van der Waals surface area contributed by atoms with E-state index in [9.17, 15) is 0 Å². The van der Waals surface area contributed by atoms with Crippen molar-refractivity contribution in [3.8, 4) is 6.57 Å². The van der Waals surface area contributed by atoms with E-state index in [1.54, 1.807) is 0 Å². The highest BCUT2D eigenvalue weighted by Crippen LogP contribution is 2.39. The third kappa shape index (κ3) is 1.42. The quantitative estimate of drug-likeness (QED) is 0.407. The first kappa shape index (κ1) is 10.8. The maximum Gasteiger partial charge on any atom is 0.434 e. The van der Waals surface area contributed by atoms with Gasteiger partial charge in [-0.1, -0.05) is 0 Å². The lowest BCUT2D eigenvalue weighted by molar-refractivity contribution is -0.341. The maximum atomic E-state index is 5.79. The molecule has 0 heterocycles. The zero-order valence-electron chi connectivity index (χ0n) is 7.76. The molecule has 0 aliphatic carbocycles. The molecule has 4 nitrogen and oxygen atoms in total. The first-order valence-electron chi connectivity index (χ1n) is 3.85. The molecule has 1 rings (SSSR count). The Balaban J connectivity index is 3.76. The molecule has 0 fully saturated rings. The first-order chi connectivity index (χ1) is 6.54. The van der Waals surface area contributed by atoms with E-state index in [-0.39, 0.29) is 0 Å². The Morgan fingerprint density at radius 2 is 2.00 bits per heavy atom. The van der Waals surface area contributed by atoms with Gasteiger partial charge in [-0.15, -0.1) is 0 Å². The molecule has 1 aromatic carbocycles. The predicted octanol–water partition coefficient (Wildman–Crippen LogP) is 0.771. The molecule has 0 saturated carbocycles. The van der Waals surface area contributed by atoms with Crippen LogP contribution in [0.3, 0.4) is 0 Å². The van der Waals surface area contributed by atoms with Crippen molar-refractivity contribution in [2.75, 3.05) is 11.5 Å². The zero-order valence-corrected chi connectivity index (χ0v) is 9.92. The molecule has 72 valence electrons. The van der Waals surface area contributed by atoms with Gasteiger partial charge in [-0.05, 0) is 34.4 Å². The fraction of sp³-hybridized carbons (Fsp3) is 0.111. The minimum absolute atomic E-state index is 0.383. The number of nitrogens with two attached hydrogens (primary N) is 2. The summed E-state index contributed by atoms with van der Waals surface area (Å²) in [6.45, 7) is 10.7. The van der Waals surface area contributed by atoms with Crippen LogP contribution in [0, 0.1) is 17.1 Å². The van der Waals surface area contributed by atoms with Crippen LogP contribution in [0.4, 0.5) is 22.7 Å². The second-order valence-corrected chi connectivity index (χ2v) is 3.87. The lowest BCUT2D eigenvalue weighted by Gasteiger charge is -2.04. The lowest BCUT2D eigenvalue weighted by Crippen LogP contribution is -2.58. The van der Waals surface area contributed by atoms with Crippen LogP contribution >= 0.6 is 22.6 Å². The summed E-state index contributed by atoms with van der Waals surface area (Å²) in [7, 11) is 0. The Morgan fingerprint density at radius 3 is 2.43 bits per heavy atom. The van der Waals surface area contributed by atoms with E-state index in [1.165, 1.54) is 0 Å². The molecule has 5 heteroatoms. The van der Waals surface area contributed by atoms with Crippen molar-refractivity contribution in [3.63, 3.8) is 0 Å². The van der Waals surface area contributed by atoms with E-state index < -0.39 is 0 Å². The molecule has 0 bridgehead atoms. The van der Waals surface area contributed by atoms with Crippen LogP contribution in [0.5, 0.6) is 0 Å². The van der Waals surface area contributed by atoms with Gasteiger partial charge in [0.2, 0.25) is 0 Å². The molecule has 5 N–H and O–H groups in total. The summed E-state index contributed by atoms with van der Waals surface area (Å²) >= 11 is 2.12. The number of rotatable bonds is 1. The summed E-state index contributed by atoms with van der Waals surface area (Å²) in [5, 5.41) is 0. The first-order valence-corrected chi connectivity index (χ1v) is 4.93. The van der Waals surface area contributed by atoms with Gasteiger partial charge in [0.25, 0.3) is 6.57 Å². The third-order valence-corrected chi connectivity index (χ3v) is 3.42. The van der Waals surface area contributed by atoms with Crippen LogP contribution in [0.25, 0.3) is 4.85 Å². The average molecular weight is 302 g/mol. The summed E-state index contributed by atoms with van der Waals surface area (Å²) < 4.78 is 0.888. The number of benzene rings is 1. The van der Waals surface area contributed by atoms with Crippen molar-refractivity contribution in [1.29, 1.82) is 0 Å². The molecule has 0 unspecified atom stereocenters. The van der Waals surface area contributed by atoms with Gasteiger partial charge >= 0.3 is 11.4 Å². The van der Waals surface area contributed by atoms with E-state index in [1.807, 2.05) is 6.92 Å². The molecule has 0 aromatic heterocycles. The van der Waals surface area contributed by atoms with Crippen molar-refractivity contribution in [2.45, 2.75) is 6.92 Å². The molecule has 0 atom stereocenters. The Morgan fingerprint density at radius 1 is 1.43 bits per heavy atom. The average Bonchev–Trinajstić information content (AvgIpc) is 2.20. The van der Waals surface area contributed by atoms with Crippen molar-refractivity contribution in [1.82, 2.24) is 0 Å². The molecular weight excluding hydrogens is 291 g/mol. The molecule has 0 spiro atoms. The molecule has 0 aliphatic rings. The lowest BCUT2D eigenvalue weighted by atomic mass is 10.1. The van der Waals surface area contributed by atoms with E-state index >= 15 is 0 Å². The number of nitrogen functional groups attached to an aromatic ring is 2. The van der Waals surface area contributed by atoms with Crippen LogP contribution in [0.15, 0.2) is 0 Å². The van der Waals surface area contributed by atoms with Crippen LogP contribution in [-0.2, 0) is 0 Å². The monoisotopic (exact) mass is 302 g/mol. The van der Waals surface area contributed by atoms with Gasteiger partial charge < -0.3 is 11.5 Å². The van der Waals surface area contributed by atoms with Crippen molar-refractivity contribution < 1.29 is 4.99 Å². The number of hydrogen-bond donors (Lipinski definition) is 3. The Hall–Kier alpha value is -1.29.